The predicted molar refractivity (Wildman–Crippen MR) is 82.6 cm³/mol. The number of hydrogen-bond donors (Lipinski definition) is 0. The zero-order valence-corrected chi connectivity index (χ0v) is 16.2. The Balaban J connectivity index is 0.000000351. The Morgan fingerprint density at radius 2 is 0.875 bits per heavy atom. The molecule has 0 bridgehead atoms. The maximum absolute atomic E-state index is 10.7. The van der Waals surface area contributed by atoms with Gasteiger partial charge in [-0.2, -0.15) is 0 Å². The predicted octanol–water partition coefficient (Wildman–Crippen LogP) is 4.32. The molecule has 0 aromatic heterocycles. The third-order valence-electron chi connectivity index (χ3n) is 2.86. The molecule has 0 unspecified atom stereocenters. The molecule has 0 atom stereocenters. The molecule has 0 aliphatic heterocycles. The van der Waals surface area contributed by atoms with Crippen molar-refractivity contribution < 1.29 is 46.4 Å². The van der Waals surface area contributed by atoms with Crippen molar-refractivity contribution in [3.63, 3.8) is 0 Å². The van der Waals surface area contributed by atoms with Gasteiger partial charge in [-0.05, 0) is 48.2 Å². The fourth-order valence-corrected chi connectivity index (χ4v) is 3.85. The van der Waals surface area contributed by atoms with E-state index in [1.54, 1.807) is 0 Å². The van der Waals surface area contributed by atoms with Crippen molar-refractivity contribution in [1.82, 2.24) is 0 Å². The Morgan fingerprint density at radius 3 is 1.08 bits per heavy atom. The molecule has 0 saturated carbocycles. The zero-order chi connectivity index (χ0) is 18.5. The molecule has 0 saturated heterocycles. The van der Waals surface area contributed by atoms with E-state index < -0.39 is 7.81 Å². The van der Waals surface area contributed by atoms with E-state index in [4.69, 9.17) is 0 Å². The van der Waals surface area contributed by atoms with E-state index in [0.29, 0.717) is 0 Å². The van der Waals surface area contributed by atoms with Gasteiger partial charge in [0.2, 0.25) is 0 Å². The Labute approximate surface area is 147 Å². The van der Waals surface area contributed by atoms with Gasteiger partial charge in [-0.15, -0.1) is 0 Å². The molecule has 2 aromatic carbocycles. The van der Waals surface area contributed by atoms with Gasteiger partial charge in [0.05, 0.1) is 0 Å². The second-order valence-electron chi connectivity index (χ2n) is 5.01. The summed E-state index contributed by atoms with van der Waals surface area (Å²) in [5.74, 6) is 0. The van der Waals surface area contributed by atoms with E-state index in [9.17, 15) is 25.2 Å². The van der Waals surface area contributed by atoms with Crippen molar-refractivity contribution in [1.29, 1.82) is 0 Å². The van der Waals surface area contributed by atoms with Crippen molar-refractivity contribution in [2.75, 3.05) is 0 Å². The SMILES string of the molecule is CCc1ccc([I+]c2ccc(CC)cc2)cc1.F[P-](F)(F)(F)(F)F. The van der Waals surface area contributed by atoms with Crippen molar-refractivity contribution in [3.8, 4) is 0 Å². The monoisotopic (exact) mass is 482 g/mol. The molecule has 0 spiro atoms. The summed E-state index contributed by atoms with van der Waals surface area (Å²) in [7, 11) is -10.7. The Morgan fingerprint density at radius 1 is 0.625 bits per heavy atom. The standard InChI is InChI=1S/C16H18I.F6P/c1-3-13-5-9-15(10-6-13)17-16-11-7-14(4-2)8-12-16;1-7(2,3,4,5)6/h5-12H,3-4H2,1-2H3;/q+1;-1. The second kappa shape index (κ2) is 7.20. The van der Waals surface area contributed by atoms with Crippen LogP contribution in [0.25, 0.3) is 0 Å². The summed E-state index contributed by atoms with van der Waals surface area (Å²) in [6.45, 7) is 4.40. The zero-order valence-electron chi connectivity index (χ0n) is 13.1. The van der Waals surface area contributed by atoms with E-state index in [1.807, 2.05) is 0 Å². The van der Waals surface area contributed by atoms with Crippen molar-refractivity contribution >= 4 is 7.81 Å². The van der Waals surface area contributed by atoms with Crippen LogP contribution in [-0.2, 0) is 12.8 Å². The van der Waals surface area contributed by atoms with Crippen LogP contribution in [0.2, 0.25) is 0 Å². The molecule has 0 nitrogen and oxygen atoms in total. The quantitative estimate of drug-likeness (QED) is 0.346. The van der Waals surface area contributed by atoms with Gasteiger partial charge in [-0.1, -0.05) is 38.1 Å². The summed E-state index contributed by atoms with van der Waals surface area (Å²) in [6.07, 6.45) is 2.26. The first-order valence-electron chi connectivity index (χ1n) is 7.16. The third kappa shape index (κ3) is 11.7. The van der Waals surface area contributed by atoms with E-state index in [-0.39, 0.29) is 21.2 Å². The maximum atomic E-state index is 9.87. The van der Waals surface area contributed by atoms with Crippen molar-refractivity contribution in [3.05, 3.63) is 66.8 Å². The minimum atomic E-state index is -10.7. The van der Waals surface area contributed by atoms with Gasteiger partial charge in [-0.3, -0.25) is 0 Å². The van der Waals surface area contributed by atoms with E-state index in [1.165, 1.54) is 18.3 Å². The molecule has 0 aliphatic rings. The van der Waals surface area contributed by atoms with Crippen molar-refractivity contribution in [2.45, 2.75) is 26.7 Å². The minimum absolute atomic E-state index is 0.00746. The summed E-state index contributed by atoms with van der Waals surface area (Å²) in [4.78, 5) is 0. The summed E-state index contributed by atoms with van der Waals surface area (Å²) >= 11 is -0.00746. The molecule has 0 fully saturated rings. The first-order chi connectivity index (χ1) is 10.8. The van der Waals surface area contributed by atoms with Gasteiger partial charge in [0.25, 0.3) is 0 Å². The van der Waals surface area contributed by atoms with Crippen LogP contribution in [0.15, 0.2) is 48.5 Å². The molecule has 24 heavy (non-hydrogen) atoms. The molecular formula is C16H18F6IP. The van der Waals surface area contributed by atoms with E-state index in [0.717, 1.165) is 12.8 Å². The number of aryl methyl sites for hydroxylation is 2. The normalized spacial score (nSPS) is 14.2. The van der Waals surface area contributed by atoms with Gasteiger partial charge in [0.1, 0.15) is 0 Å². The first kappa shape index (κ1) is 21.2. The van der Waals surface area contributed by atoms with Crippen LogP contribution in [-0.4, -0.2) is 0 Å². The topological polar surface area (TPSA) is 0 Å². The van der Waals surface area contributed by atoms with E-state index in [2.05, 4.69) is 62.4 Å². The van der Waals surface area contributed by atoms with Crippen LogP contribution in [0.3, 0.4) is 0 Å². The Hall–Kier alpha value is -0.820. The molecule has 2 rings (SSSR count). The van der Waals surface area contributed by atoms with Gasteiger partial charge in [0.15, 0.2) is 7.14 Å². The number of benzene rings is 2. The first-order valence-corrected chi connectivity index (χ1v) is 11.3. The summed E-state index contributed by atoms with van der Waals surface area (Å²) in [5.41, 5.74) is 2.86. The number of hydrogen-bond acceptors (Lipinski definition) is 0. The Kier molecular flexibility index (Phi) is 6.36. The Bertz CT molecular complexity index is 591. The number of halogens is 7. The fourth-order valence-electron chi connectivity index (χ4n) is 1.69. The molecule has 0 radical (unpaired) electrons. The molecule has 0 amide bonds. The second-order valence-corrected chi connectivity index (χ2v) is 9.96. The van der Waals surface area contributed by atoms with Gasteiger partial charge in [-0.25, -0.2) is 0 Å². The molecule has 136 valence electrons. The molecular weight excluding hydrogens is 464 g/mol. The molecule has 0 aliphatic carbocycles. The van der Waals surface area contributed by atoms with Crippen molar-refractivity contribution in [2.24, 2.45) is 0 Å². The summed E-state index contributed by atoms with van der Waals surface area (Å²) in [6, 6.07) is 18.2. The number of rotatable bonds is 4. The fraction of sp³-hybridized carbons (Fsp3) is 0.250. The molecule has 0 N–H and O–H groups in total. The van der Waals surface area contributed by atoms with Crippen LogP contribution in [0.4, 0.5) is 25.2 Å². The molecule has 8 heteroatoms. The molecule has 0 heterocycles. The van der Waals surface area contributed by atoms with Crippen LogP contribution in [0.1, 0.15) is 25.0 Å². The van der Waals surface area contributed by atoms with Crippen LogP contribution < -0.4 is 21.2 Å². The molecule has 2 aromatic rings. The summed E-state index contributed by atoms with van der Waals surface area (Å²) in [5, 5.41) is 0. The van der Waals surface area contributed by atoms with Crippen LogP contribution >= 0.6 is 7.81 Å². The third-order valence-corrected chi connectivity index (χ3v) is 5.55. The van der Waals surface area contributed by atoms with E-state index >= 15 is 0 Å². The van der Waals surface area contributed by atoms with Gasteiger partial charge >= 0.3 is 54.2 Å². The average Bonchev–Trinajstić information content (AvgIpc) is 2.46. The van der Waals surface area contributed by atoms with Crippen LogP contribution in [0.5, 0.6) is 0 Å². The average molecular weight is 482 g/mol. The summed E-state index contributed by atoms with van der Waals surface area (Å²) < 4.78 is 62.2. The van der Waals surface area contributed by atoms with Gasteiger partial charge in [0, 0.05) is 0 Å². The van der Waals surface area contributed by atoms with Crippen LogP contribution in [0, 0.1) is 7.14 Å². The van der Waals surface area contributed by atoms with Gasteiger partial charge < -0.3 is 0 Å².